The van der Waals surface area contributed by atoms with Gasteiger partial charge in [-0.1, -0.05) is 12.1 Å². The van der Waals surface area contributed by atoms with Gasteiger partial charge in [-0.15, -0.1) is 0 Å². The van der Waals surface area contributed by atoms with Crippen molar-refractivity contribution in [1.29, 1.82) is 0 Å². The van der Waals surface area contributed by atoms with Crippen LogP contribution in [0.15, 0.2) is 18.2 Å². The zero-order valence-corrected chi connectivity index (χ0v) is 11.7. The Bertz CT molecular complexity index is 451. The van der Waals surface area contributed by atoms with E-state index >= 15 is 0 Å². The number of carbonyl (C=O) groups excluding carboxylic acids is 1. The molecule has 1 heterocycles. The second-order valence-corrected chi connectivity index (χ2v) is 5.17. The van der Waals surface area contributed by atoms with Crippen LogP contribution in [0.5, 0.6) is 5.75 Å². The maximum atomic E-state index is 11.5. The molecule has 19 heavy (non-hydrogen) atoms. The van der Waals surface area contributed by atoms with Crippen LogP contribution in [0, 0.1) is 13.8 Å². The first-order valence-electron chi connectivity index (χ1n) is 6.82. The quantitative estimate of drug-likeness (QED) is 0.901. The highest BCUT2D eigenvalue weighted by Crippen LogP contribution is 2.23. The minimum Gasteiger partial charge on any atom is -0.490 e. The molecule has 2 rings (SSSR count). The topological polar surface area (TPSA) is 55.6 Å². The maximum absolute atomic E-state index is 11.5. The highest BCUT2D eigenvalue weighted by Gasteiger charge is 2.23. The number of likely N-dealkylation sites (tertiary alicyclic amines) is 1. The van der Waals surface area contributed by atoms with Gasteiger partial charge in [0, 0.05) is 25.9 Å². The molecule has 1 aromatic carbocycles. The van der Waals surface area contributed by atoms with Crippen LogP contribution in [-0.2, 0) is 4.79 Å². The summed E-state index contributed by atoms with van der Waals surface area (Å²) in [4.78, 5) is 13.3. The van der Waals surface area contributed by atoms with E-state index in [0.29, 0.717) is 0 Å². The van der Waals surface area contributed by atoms with E-state index in [2.05, 4.69) is 32.0 Å². The Morgan fingerprint density at radius 1 is 1.37 bits per heavy atom. The van der Waals surface area contributed by atoms with Crippen molar-refractivity contribution < 1.29 is 9.53 Å². The number of nitrogens with two attached hydrogens (primary N) is 1. The Hall–Kier alpha value is -1.55. The maximum Gasteiger partial charge on any atom is 0.236 e. The number of benzene rings is 1. The van der Waals surface area contributed by atoms with Crippen molar-refractivity contribution in [1.82, 2.24) is 4.90 Å². The molecule has 0 saturated carbocycles. The van der Waals surface area contributed by atoms with Crippen molar-refractivity contribution in [3.63, 3.8) is 0 Å². The first-order chi connectivity index (χ1) is 9.10. The lowest BCUT2D eigenvalue weighted by Gasteiger charge is -2.32. The van der Waals surface area contributed by atoms with Crippen LogP contribution in [0.3, 0.4) is 0 Å². The van der Waals surface area contributed by atoms with Crippen LogP contribution < -0.4 is 10.5 Å². The average molecular weight is 262 g/mol. The fraction of sp³-hybridized carbons (Fsp3) is 0.533. The van der Waals surface area contributed by atoms with Crippen molar-refractivity contribution in [2.75, 3.05) is 19.6 Å². The first kappa shape index (κ1) is 13.9. The van der Waals surface area contributed by atoms with Crippen molar-refractivity contribution in [3.8, 4) is 5.75 Å². The van der Waals surface area contributed by atoms with E-state index in [9.17, 15) is 4.79 Å². The van der Waals surface area contributed by atoms with Gasteiger partial charge < -0.3 is 15.4 Å². The van der Waals surface area contributed by atoms with Crippen LogP contribution >= 0.6 is 0 Å². The molecule has 0 unspecified atom stereocenters. The molecule has 0 aromatic heterocycles. The van der Waals surface area contributed by atoms with Crippen LogP contribution in [-0.4, -0.2) is 36.5 Å². The molecule has 0 bridgehead atoms. The third-order valence-electron chi connectivity index (χ3n) is 3.61. The lowest BCUT2D eigenvalue weighted by molar-refractivity contribution is -0.131. The lowest BCUT2D eigenvalue weighted by atomic mass is 10.1. The van der Waals surface area contributed by atoms with Gasteiger partial charge in [0.1, 0.15) is 11.9 Å². The van der Waals surface area contributed by atoms with Gasteiger partial charge >= 0.3 is 0 Å². The number of hydrogen-bond acceptors (Lipinski definition) is 3. The van der Waals surface area contributed by atoms with Crippen molar-refractivity contribution in [2.24, 2.45) is 5.73 Å². The van der Waals surface area contributed by atoms with Gasteiger partial charge in [-0.3, -0.25) is 4.79 Å². The largest absolute Gasteiger partial charge is 0.490 e. The van der Waals surface area contributed by atoms with E-state index in [0.717, 1.165) is 37.2 Å². The number of ether oxygens (including phenoxy) is 1. The molecule has 1 saturated heterocycles. The lowest BCUT2D eigenvalue weighted by Crippen LogP contribution is -2.44. The molecule has 104 valence electrons. The number of rotatable bonds is 3. The smallest absolute Gasteiger partial charge is 0.236 e. The van der Waals surface area contributed by atoms with Crippen molar-refractivity contribution >= 4 is 5.91 Å². The van der Waals surface area contributed by atoms with Crippen molar-refractivity contribution in [3.05, 3.63) is 29.3 Å². The van der Waals surface area contributed by atoms with Crippen LogP contribution in [0.1, 0.15) is 24.0 Å². The molecule has 0 radical (unpaired) electrons. The zero-order valence-electron chi connectivity index (χ0n) is 11.7. The van der Waals surface area contributed by atoms with Crippen LogP contribution in [0.4, 0.5) is 0 Å². The molecular weight excluding hydrogens is 240 g/mol. The van der Waals surface area contributed by atoms with E-state index in [1.54, 1.807) is 0 Å². The Morgan fingerprint density at radius 2 is 2.05 bits per heavy atom. The van der Waals surface area contributed by atoms with E-state index in [1.165, 1.54) is 5.56 Å². The second-order valence-electron chi connectivity index (χ2n) is 5.17. The first-order valence-corrected chi connectivity index (χ1v) is 6.82. The van der Waals surface area contributed by atoms with Gasteiger partial charge in [-0.05, 0) is 31.0 Å². The highest BCUT2D eigenvalue weighted by molar-refractivity contribution is 5.78. The average Bonchev–Trinajstić information content (AvgIpc) is 2.43. The summed E-state index contributed by atoms with van der Waals surface area (Å²) >= 11 is 0. The summed E-state index contributed by atoms with van der Waals surface area (Å²) < 4.78 is 6.06. The standard InChI is InChI=1S/C15H22N2O2/c1-11-3-4-12(2)14(9-11)19-13-5-7-17(8-6-13)15(18)10-16/h3-4,9,13H,5-8,10,16H2,1-2H3. The monoisotopic (exact) mass is 262 g/mol. The molecule has 1 fully saturated rings. The van der Waals surface area contributed by atoms with Gasteiger partial charge in [-0.2, -0.15) is 0 Å². The predicted octanol–water partition coefficient (Wildman–Crippen LogP) is 1.63. The van der Waals surface area contributed by atoms with E-state index in [4.69, 9.17) is 10.5 Å². The molecule has 1 amide bonds. The number of carbonyl (C=O) groups is 1. The molecule has 0 aliphatic carbocycles. The number of amides is 1. The number of hydrogen-bond donors (Lipinski definition) is 1. The Kier molecular flexibility index (Phi) is 4.43. The normalized spacial score (nSPS) is 16.5. The molecule has 2 N–H and O–H groups in total. The Morgan fingerprint density at radius 3 is 2.68 bits per heavy atom. The molecule has 1 aromatic rings. The van der Waals surface area contributed by atoms with Gasteiger partial charge in [0.15, 0.2) is 0 Å². The van der Waals surface area contributed by atoms with Gasteiger partial charge in [0.25, 0.3) is 0 Å². The summed E-state index contributed by atoms with van der Waals surface area (Å²) in [6.45, 7) is 5.70. The van der Waals surface area contributed by atoms with E-state index < -0.39 is 0 Å². The summed E-state index contributed by atoms with van der Waals surface area (Å²) in [5.41, 5.74) is 7.74. The minimum absolute atomic E-state index is 0.0326. The molecule has 1 aliphatic rings. The third-order valence-corrected chi connectivity index (χ3v) is 3.61. The van der Waals surface area contributed by atoms with Crippen LogP contribution in [0.2, 0.25) is 0 Å². The van der Waals surface area contributed by atoms with Gasteiger partial charge in [0.05, 0.1) is 6.54 Å². The Labute approximate surface area is 114 Å². The second kappa shape index (κ2) is 6.06. The SMILES string of the molecule is Cc1ccc(C)c(OC2CCN(C(=O)CN)CC2)c1. The van der Waals surface area contributed by atoms with E-state index in [-0.39, 0.29) is 18.6 Å². The fourth-order valence-corrected chi connectivity index (χ4v) is 2.37. The molecule has 4 nitrogen and oxygen atoms in total. The highest BCUT2D eigenvalue weighted by atomic mass is 16.5. The molecule has 0 atom stereocenters. The summed E-state index contributed by atoms with van der Waals surface area (Å²) in [6, 6.07) is 6.25. The summed E-state index contributed by atoms with van der Waals surface area (Å²) in [5.74, 6) is 0.994. The van der Waals surface area contributed by atoms with Gasteiger partial charge in [0.2, 0.25) is 5.91 Å². The third kappa shape index (κ3) is 3.47. The number of piperidine rings is 1. The molecular formula is C15H22N2O2. The summed E-state index contributed by atoms with van der Waals surface area (Å²) in [5, 5.41) is 0. The molecule has 4 heteroatoms. The Balaban J connectivity index is 1.92. The van der Waals surface area contributed by atoms with Crippen LogP contribution in [0.25, 0.3) is 0 Å². The number of aryl methyl sites for hydroxylation is 2. The van der Waals surface area contributed by atoms with E-state index in [1.807, 2.05) is 4.90 Å². The summed E-state index contributed by atoms with van der Waals surface area (Å²) in [7, 11) is 0. The van der Waals surface area contributed by atoms with Crippen molar-refractivity contribution in [2.45, 2.75) is 32.8 Å². The molecule has 0 spiro atoms. The fourth-order valence-electron chi connectivity index (χ4n) is 2.37. The minimum atomic E-state index is 0.0326. The summed E-state index contributed by atoms with van der Waals surface area (Å²) in [6.07, 6.45) is 1.94. The van der Waals surface area contributed by atoms with Gasteiger partial charge in [-0.25, -0.2) is 0 Å². The molecule has 1 aliphatic heterocycles. The predicted molar refractivity (Wildman–Crippen MR) is 75.2 cm³/mol. The zero-order chi connectivity index (χ0) is 13.8. The number of nitrogens with zero attached hydrogens (tertiary/aromatic N) is 1.